The van der Waals surface area contributed by atoms with E-state index in [4.69, 9.17) is 9.88 Å². The van der Waals surface area contributed by atoms with Crippen molar-refractivity contribution in [2.45, 2.75) is 19.6 Å². The highest BCUT2D eigenvalue weighted by atomic mass is 32.2. The number of carbonyl (C=O) groups is 1. The van der Waals surface area contributed by atoms with Crippen LogP contribution in [0.25, 0.3) is 0 Å². The highest BCUT2D eigenvalue weighted by Crippen LogP contribution is 2.18. The number of amides is 1. The number of nitrogens with one attached hydrogen (secondary N) is 1. The number of hydrogen-bond donors (Lipinski definition) is 2. The third-order valence-corrected chi connectivity index (χ3v) is 4.03. The van der Waals surface area contributed by atoms with Crippen LogP contribution in [0.15, 0.2) is 42.5 Å². The van der Waals surface area contributed by atoms with Gasteiger partial charge in [-0.15, -0.1) is 0 Å². The van der Waals surface area contributed by atoms with Gasteiger partial charge < -0.3 is 10.1 Å². The van der Waals surface area contributed by atoms with Crippen molar-refractivity contribution in [1.29, 1.82) is 0 Å². The maximum Gasteiger partial charge on any atom is 0.262 e. The fourth-order valence-corrected chi connectivity index (χ4v) is 2.88. The van der Waals surface area contributed by atoms with Gasteiger partial charge in [0.25, 0.3) is 5.91 Å². The van der Waals surface area contributed by atoms with Crippen LogP contribution in [0.3, 0.4) is 0 Å². The van der Waals surface area contributed by atoms with E-state index >= 15 is 0 Å². The summed E-state index contributed by atoms with van der Waals surface area (Å²) >= 11 is 0. The monoisotopic (exact) mass is 348 g/mol. The summed E-state index contributed by atoms with van der Waals surface area (Å²) in [7, 11) is -3.57. The lowest BCUT2D eigenvalue weighted by molar-refractivity contribution is -0.118. The van der Waals surface area contributed by atoms with Crippen LogP contribution in [0.4, 0.5) is 5.69 Å². The van der Waals surface area contributed by atoms with E-state index in [1.807, 2.05) is 32.0 Å². The summed E-state index contributed by atoms with van der Waals surface area (Å²) in [5.74, 6) is 0.130. The van der Waals surface area contributed by atoms with Crippen molar-refractivity contribution in [2.24, 2.45) is 5.14 Å². The van der Waals surface area contributed by atoms with Crippen molar-refractivity contribution in [2.75, 3.05) is 11.9 Å². The average Bonchev–Trinajstić information content (AvgIpc) is 2.47. The number of anilines is 1. The Morgan fingerprint density at radius 1 is 1.12 bits per heavy atom. The van der Waals surface area contributed by atoms with E-state index in [2.05, 4.69) is 5.32 Å². The Labute approximate surface area is 141 Å². The summed E-state index contributed by atoms with van der Waals surface area (Å²) in [5, 5.41) is 7.68. The molecule has 0 aliphatic heterocycles. The number of aryl methyl sites for hydroxylation is 2. The molecule has 3 N–H and O–H groups in total. The molecule has 0 aromatic heterocycles. The van der Waals surface area contributed by atoms with E-state index in [9.17, 15) is 13.2 Å². The van der Waals surface area contributed by atoms with Crippen LogP contribution in [0.1, 0.15) is 16.7 Å². The van der Waals surface area contributed by atoms with Gasteiger partial charge in [-0.1, -0.05) is 29.8 Å². The van der Waals surface area contributed by atoms with Crippen LogP contribution in [0.2, 0.25) is 0 Å². The number of sulfonamides is 1. The minimum Gasteiger partial charge on any atom is -0.483 e. The van der Waals surface area contributed by atoms with E-state index in [1.165, 1.54) is 0 Å². The molecular weight excluding hydrogens is 328 g/mol. The fraction of sp³-hybridized carbons (Fsp3) is 0.235. The van der Waals surface area contributed by atoms with Gasteiger partial charge in [0.2, 0.25) is 10.0 Å². The van der Waals surface area contributed by atoms with Gasteiger partial charge in [0.05, 0.1) is 5.75 Å². The molecule has 2 aromatic rings. The van der Waals surface area contributed by atoms with Crippen LogP contribution in [-0.4, -0.2) is 20.9 Å². The topological polar surface area (TPSA) is 98.5 Å². The summed E-state index contributed by atoms with van der Waals surface area (Å²) in [6.07, 6.45) is 0. The van der Waals surface area contributed by atoms with E-state index in [0.717, 1.165) is 11.1 Å². The first-order valence-electron chi connectivity index (χ1n) is 7.32. The van der Waals surface area contributed by atoms with Crippen molar-refractivity contribution in [3.05, 3.63) is 59.2 Å². The Hall–Kier alpha value is -2.38. The van der Waals surface area contributed by atoms with Crippen molar-refractivity contribution in [1.82, 2.24) is 0 Å². The number of nitrogens with two attached hydrogens (primary N) is 1. The van der Waals surface area contributed by atoms with E-state index in [-0.39, 0.29) is 18.3 Å². The number of benzene rings is 2. The number of rotatable bonds is 6. The molecular formula is C17H20N2O4S. The summed E-state index contributed by atoms with van der Waals surface area (Å²) in [5.41, 5.74) is 3.21. The molecule has 0 saturated carbocycles. The Morgan fingerprint density at radius 3 is 2.38 bits per heavy atom. The first kappa shape index (κ1) is 18.0. The third kappa shape index (κ3) is 5.68. The van der Waals surface area contributed by atoms with Crippen molar-refractivity contribution in [3.63, 3.8) is 0 Å². The minimum atomic E-state index is -3.57. The minimum absolute atomic E-state index is 0.108. The van der Waals surface area contributed by atoms with Crippen LogP contribution in [-0.2, 0) is 20.6 Å². The Morgan fingerprint density at radius 2 is 1.79 bits per heavy atom. The van der Waals surface area contributed by atoms with Crippen molar-refractivity contribution >= 4 is 21.6 Å². The standard InChI is InChI=1S/C17H20N2O4S/c1-12-3-8-16(13(2)9-12)23-10-17(20)19-15-6-4-14(5-7-15)11-24(18,21)22/h3-9H,10-11H2,1-2H3,(H,19,20)(H2,18,21,22). The molecule has 0 spiro atoms. The summed E-state index contributed by atoms with van der Waals surface area (Å²) in [6, 6.07) is 12.2. The smallest absolute Gasteiger partial charge is 0.262 e. The average molecular weight is 348 g/mol. The maximum atomic E-state index is 11.9. The van der Waals surface area contributed by atoms with Crippen LogP contribution >= 0.6 is 0 Å². The van der Waals surface area contributed by atoms with E-state index < -0.39 is 10.0 Å². The van der Waals surface area contributed by atoms with Crippen LogP contribution in [0, 0.1) is 13.8 Å². The van der Waals surface area contributed by atoms with Gasteiger partial charge in [-0.25, -0.2) is 13.6 Å². The molecule has 0 aliphatic rings. The number of ether oxygens (including phenoxy) is 1. The number of primary sulfonamides is 1. The first-order chi connectivity index (χ1) is 11.2. The Balaban J connectivity index is 1.90. The molecule has 0 aliphatic carbocycles. The zero-order valence-electron chi connectivity index (χ0n) is 13.6. The molecule has 0 saturated heterocycles. The summed E-state index contributed by atoms with van der Waals surface area (Å²) in [4.78, 5) is 11.9. The molecule has 0 bridgehead atoms. The lowest BCUT2D eigenvalue weighted by atomic mass is 10.1. The number of carbonyl (C=O) groups excluding carboxylic acids is 1. The quantitative estimate of drug-likeness (QED) is 0.835. The normalized spacial score (nSPS) is 11.1. The second kappa shape index (κ2) is 7.46. The van der Waals surface area contributed by atoms with Crippen molar-refractivity contribution in [3.8, 4) is 5.75 Å². The largest absolute Gasteiger partial charge is 0.483 e. The van der Waals surface area contributed by atoms with Gasteiger partial charge >= 0.3 is 0 Å². The Bertz CT molecular complexity index is 830. The van der Waals surface area contributed by atoms with Crippen LogP contribution in [0.5, 0.6) is 5.75 Å². The summed E-state index contributed by atoms with van der Waals surface area (Å²) in [6.45, 7) is 3.80. The maximum absolute atomic E-state index is 11.9. The summed E-state index contributed by atoms with van der Waals surface area (Å²) < 4.78 is 27.6. The van der Waals surface area contributed by atoms with Gasteiger partial charge in [0.15, 0.2) is 6.61 Å². The zero-order chi connectivity index (χ0) is 17.7. The molecule has 6 nitrogen and oxygen atoms in total. The van der Waals surface area contributed by atoms with Crippen LogP contribution < -0.4 is 15.2 Å². The highest BCUT2D eigenvalue weighted by Gasteiger charge is 2.07. The molecule has 0 atom stereocenters. The van der Waals surface area contributed by atoms with Gasteiger partial charge in [-0.3, -0.25) is 4.79 Å². The zero-order valence-corrected chi connectivity index (χ0v) is 14.4. The lowest BCUT2D eigenvalue weighted by Gasteiger charge is -2.10. The predicted octanol–water partition coefficient (Wildman–Crippen LogP) is 2.11. The molecule has 1 amide bonds. The molecule has 24 heavy (non-hydrogen) atoms. The van der Waals surface area contributed by atoms with Gasteiger partial charge in [0, 0.05) is 5.69 Å². The molecule has 7 heteroatoms. The second-order valence-corrected chi connectivity index (χ2v) is 7.22. The van der Waals surface area contributed by atoms with Gasteiger partial charge in [0.1, 0.15) is 5.75 Å². The molecule has 2 rings (SSSR count). The predicted molar refractivity (Wildman–Crippen MR) is 93.3 cm³/mol. The molecule has 0 heterocycles. The van der Waals surface area contributed by atoms with E-state index in [0.29, 0.717) is 17.0 Å². The fourth-order valence-electron chi connectivity index (χ4n) is 2.22. The Kier molecular flexibility index (Phi) is 5.58. The van der Waals surface area contributed by atoms with Crippen molar-refractivity contribution < 1.29 is 17.9 Å². The van der Waals surface area contributed by atoms with E-state index in [1.54, 1.807) is 24.3 Å². The lowest BCUT2D eigenvalue weighted by Crippen LogP contribution is -2.20. The second-order valence-electron chi connectivity index (χ2n) is 5.61. The molecule has 128 valence electrons. The SMILES string of the molecule is Cc1ccc(OCC(=O)Nc2ccc(CS(N)(=O)=O)cc2)c(C)c1. The third-order valence-electron chi connectivity index (χ3n) is 3.29. The van der Waals surface area contributed by atoms with Gasteiger partial charge in [-0.2, -0.15) is 0 Å². The number of hydrogen-bond acceptors (Lipinski definition) is 4. The van der Waals surface area contributed by atoms with Gasteiger partial charge in [-0.05, 0) is 43.2 Å². The molecule has 0 fully saturated rings. The highest BCUT2D eigenvalue weighted by molar-refractivity contribution is 7.88. The molecule has 0 unspecified atom stereocenters. The molecule has 0 radical (unpaired) electrons. The first-order valence-corrected chi connectivity index (χ1v) is 9.04. The molecule has 2 aromatic carbocycles.